The smallest absolute Gasteiger partial charge is 0.435 e. The van der Waals surface area contributed by atoms with E-state index in [-0.39, 0.29) is 17.7 Å². The zero-order valence-electron chi connectivity index (χ0n) is 13.7. The number of hydrogen-bond acceptors (Lipinski definition) is 5. The number of fused-ring (bicyclic) bond motifs is 1. The summed E-state index contributed by atoms with van der Waals surface area (Å²) in [7, 11) is 1.35. The fraction of sp³-hybridized carbons (Fsp3) is 0.118. The van der Waals surface area contributed by atoms with Gasteiger partial charge in [-0.1, -0.05) is 17.7 Å². The number of halogens is 4. The number of oxazole rings is 1. The number of aryl methyl sites for hydroxylation is 1. The number of nitrogens with zero attached hydrogens (tertiary/aromatic N) is 4. The Hall–Kier alpha value is -3.07. The van der Waals surface area contributed by atoms with Crippen LogP contribution in [0.15, 0.2) is 46.9 Å². The summed E-state index contributed by atoms with van der Waals surface area (Å²) in [5.41, 5.74) is 0.404. The molecular weight excluding hydrogens is 385 g/mol. The van der Waals surface area contributed by atoms with Crippen LogP contribution < -0.4 is 4.74 Å². The topological polar surface area (TPSA) is 66.0 Å². The molecule has 4 aromatic rings. The molecule has 0 bridgehead atoms. The summed E-state index contributed by atoms with van der Waals surface area (Å²) in [5.74, 6) is 0.208. The molecule has 0 aliphatic heterocycles. The average molecular weight is 395 g/mol. The first-order valence-electron chi connectivity index (χ1n) is 7.62. The first-order valence-corrected chi connectivity index (χ1v) is 8.00. The van der Waals surface area contributed by atoms with E-state index < -0.39 is 11.9 Å². The predicted octanol–water partition coefficient (Wildman–Crippen LogP) is 5.09. The van der Waals surface area contributed by atoms with Crippen LogP contribution in [-0.4, -0.2) is 19.7 Å². The lowest BCUT2D eigenvalue weighted by molar-refractivity contribution is -0.141. The molecule has 6 nitrogen and oxygen atoms in total. The Labute approximate surface area is 155 Å². The Morgan fingerprint density at radius 2 is 1.93 bits per heavy atom. The minimum absolute atomic E-state index is 0.0736. The standard InChI is InChI=1S/C17H10ClF3N4O2/c1-25-15(8-13(24-25)17(19,20)21)27-14-4-2-3-10(22-14)16-23-11-7-9(18)5-6-12(11)26-16/h2-8H,1H3. The molecule has 0 aliphatic carbocycles. The van der Waals surface area contributed by atoms with E-state index in [0.29, 0.717) is 21.8 Å². The zero-order chi connectivity index (χ0) is 19.2. The van der Waals surface area contributed by atoms with E-state index in [1.54, 1.807) is 30.3 Å². The lowest BCUT2D eigenvalue weighted by Gasteiger charge is -2.04. The molecule has 0 spiro atoms. The van der Waals surface area contributed by atoms with Crippen LogP contribution in [-0.2, 0) is 13.2 Å². The Balaban J connectivity index is 1.65. The molecule has 3 heterocycles. The van der Waals surface area contributed by atoms with Gasteiger partial charge in [-0.25, -0.2) is 14.6 Å². The SMILES string of the molecule is Cn1nc(C(F)(F)F)cc1Oc1cccc(-c2nc3cc(Cl)ccc3o2)n1. The zero-order valence-corrected chi connectivity index (χ0v) is 14.4. The third-order valence-corrected chi connectivity index (χ3v) is 3.86. The van der Waals surface area contributed by atoms with Crippen molar-refractivity contribution in [1.29, 1.82) is 0 Å². The van der Waals surface area contributed by atoms with E-state index in [4.69, 9.17) is 20.8 Å². The maximum absolute atomic E-state index is 12.8. The van der Waals surface area contributed by atoms with E-state index in [2.05, 4.69) is 15.1 Å². The maximum Gasteiger partial charge on any atom is 0.435 e. The number of ether oxygens (including phenoxy) is 1. The van der Waals surface area contributed by atoms with Gasteiger partial charge < -0.3 is 9.15 Å². The number of pyridine rings is 1. The molecule has 0 saturated carbocycles. The van der Waals surface area contributed by atoms with Crippen LogP contribution in [0.3, 0.4) is 0 Å². The van der Waals surface area contributed by atoms with Crippen molar-refractivity contribution in [3.05, 3.63) is 53.2 Å². The number of benzene rings is 1. The van der Waals surface area contributed by atoms with Crippen LogP contribution in [0.25, 0.3) is 22.7 Å². The second-order valence-corrected chi connectivity index (χ2v) is 6.02. The molecule has 0 saturated heterocycles. The van der Waals surface area contributed by atoms with Crippen LogP contribution in [0, 0.1) is 0 Å². The monoisotopic (exact) mass is 394 g/mol. The molecule has 27 heavy (non-hydrogen) atoms. The van der Waals surface area contributed by atoms with Crippen molar-refractivity contribution in [1.82, 2.24) is 19.7 Å². The molecule has 4 rings (SSSR count). The summed E-state index contributed by atoms with van der Waals surface area (Å²) >= 11 is 5.93. The highest BCUT2D eigenvalue weighted by molar-refractivity contribution is 6.31. The third kappa shape index (κ3) is 3.45. The highest BCUT2D eigenvalue weighted by Gasteiger charge is 2.35. The summed E-state index contributed by atoms with van der Waals surface area (Å²) < 4.78 is 50.3. The maximum atomic E-state index is 12.8. The third-order valence-electron chi connectivity index (χ3n) is 3.63. The molecule has 0 unspecified atom stereocenters. The first kappa shape index (κ1) is 17.3. The van der Waals surface area contributed by atoms with E-state index in [9.17, 15) is 13.2 Å². The number of hydrogen-bond donors (Lipinski definition) is 0. The summed E-state index contributed by atoms with van der Waals surface area (Å²) in [6.07, 6.45) is -4.56. The van der Waals surface area contributed by atoms with Crippen molar-refractivity contribution in [2.24, 2.45) is 7.05 Å². The fourth-order valence-corrected chi connectivity index (χ4v) is 2.56. The van der Waals surface area contributed by atoms with Gasteiger partial charge in [0.2, 0.25) is 17.7 Å². The Kier molecular flexibility index (Phi) is 4.03. The molecular formula is C17H10ClF3N4O2. The molecule has 10 heteroatoms. The van der Waals surface area contributed by atoms with Gasteiger partial charge in [-0.3, -0.25) is 0 Å². The van der Waals surface area contributed by atoms with E-state index in [1.807, 2.05) is 0 Å². The molecule has 0 fully saturated rings. The second kappa shape index (κ2) is 6.27. The van der Waals surface area contributed by atoms with Gasteiger partial charge in [-0.15, -0.1) is 0 Å². The molecule has 0 aliphatic rings. The fourth-order valence-electron chi connectivity index (χ4n) is 2.39. The van der Waals surface area contributed by atoms with Gasteiger partial charge in [0.15, 0.2) is 11.3 Å². The number of rotatable bonds is 3. The molecule has 1 aromatic carbocycles. The lowest BCUT2D eigenvalue weighted by atomic mass is 10.3. The van der Waals surface area contributed by atoms with E-state index in [0.717, 1.165) is 10.7 Å². The molecule has 3 aromatic heterocycles. The van der Waals surface area contributed by atoms with Crippen molar-refractivity contribution >= 4 is 22.7 Å². The van der Waals surface area contributed by atoms with E-state index in [1.165, 1.54) is 13.1 Å². The van der Waals surface area contributed by atoms with Gasteiger partial charge in [0.05, 0.1) is 0 Å². The molecule has 0 atom stereocenters. The summed E-state index contributed by atoms with van der Waals surface area (Å²) in [4.78, 5) is 8.55. The van der Waals surface area contributed by atoms with Crippen LogP contribution in [0.2, 0.25) is 5.02 Å². The summed E-state index contributed by atoms with van der Waals surface area (Å²) in [6.45, 7) is 0. The van der Waals surface area contributed by atoms with Gasteiger partial charge >= 0.3 is 6.18 Å². The minimum Gasteiger partial charge on any atom is -0.435 e. The second-order valence-electron chi connectivity index (χ2n) is 5.58. The highest BCUT2D eigenvalue weighted by atomic mass is 35.5. The first-order chi connectivity index (χ1) is 12.8. The Morgan fingerprint density at radius 3 is 2.67 bits per heavy atom. The van der Waals surface area contributed by atoms with Crippen molar-refractivity contribution in [3.8, 4) is 23.3 Å². The number of aromatic nitrogens is 4. The predicted molar refractivity (Wildman–Crippen MR) is 90.5 cm³/mol. The van der Waals surface area contributed by atoms with Crippen molar-refractivity contribution < 1.29 is 22.3 Å². The number of alkyl halides is 3. The van der Waals surface area contributed by atoms with Crippen LogP contribution in [0.4, 0.5) is 13.2 Å². The van der Waals surface area contributed by atoms with Crippen LogP contribution in [0.1, 0.15) is 5.69 Å². The van der Waals surface area contributed by atoms with Crippen molar-refractivity contribution in [2.75, 3.05) is 0 Å². The molecule has 0 radical (unpaired) electrons. The van der Waals surface area contributed by atoms with Gasteiger partial charge in [0, 0.05) is 24.2 Å². The quantitative estimate of drug-likeness (QED) is 0.484. The summed E-state index contributed by atoms with van der Waals surface area (Å²) in [5, 5.41) is 3.91. The van der Waals surface area contributed by atoms with Crippen molar-refractivity contribution in [3.63, 3.8) is 0 Å². The van der Waals surface area contributed by atoms with Crippen LogP contribution in [0.5, 0.6) is 11.8 Å². The molecule has 138 valence electrons. The van der Waals surface area contributed by atoms with Gasteiger partial charge in [0.1, 0.15) is 11.2 Å². The van der Waals surface area contributed by atoms with E-state index >= 15 is 0 Å². The van der Waals surface area contributed by atoms with Gasteiger partial charge in [-0.2, -0.15) is 18.3 Å². The van der Waals surface area contributed by atoms with Gasteiger partial charge in [0.25, 0.3) is 0 Å². The normalized spacial score (nSPS) is 11.9. The largest absolute Gasteiger partial charge is 0.435 e. The molecule has 0 N–H and O–H groups in total. The lowest BCUT2D eigenvalue weighted by Crippen LogP contribution is -2.06. The Morgan fingerprint density at radius 1 is 1.11 bits per heavy atom. The average Bonchev–Trinajstić information content (AvgIpc) is 3.18. The summed E-state index contributed by atoms with van der Waals surface area (Å²) in [6, 6.07) is 10.6. The minimum atomic E-state index is -4.56. The Bertz CT molecular complexity index is 1140. The highest BCUT2D eigenvalue weighted by Crippen LogP contribution is 2.32. The van der Waals surface area contributed by atoms with Crippen molar-refractivity contribution in [2.45, 2.75) is 6.18 Å². The van der Waals surface area contributed by atoms with Gasteiger partial charge in [-0.05, 0) is 24.3 Å². The molecule has 0 amide bonds. The van der Waals surface area contributed by atoms with Crippen LogP contribution >= 0.6 is 11.6 Å².